The van der Waals surface area contributed by atoms with Crippen LogP contribution >= 0.6 is 35.6 Å². The molecule has 1 aliphatic carbocycles. The molecule has 3 unspecified atom stereocenters. The summed E-state index contributed by atoms with van der Waals surface area (Å²) in [6.45, 7) is 4.86. The van der Waals surface area contributed by atoms with Crippen LogP contribution in [0, 0.1) is 5.92 Å². The summed E-state index contributed by atoms with van der Waals surface area (Å²) in [6.07, 6.45) is 5.83. The molecule has 41 heavy (non-hydrogen) atoms. The number of methoxy groups -OCH3 is 1. The Hall–Kier alpha value is -2.81. The van der Waals surface area contributed by atoms with E-state index in [0.717, 1.165) is 23.4 Å². The van der Waals surface area contributed by atoms with Crippen LogP contribution in [-0.4, -0.2) is 67.7 Å². The number of morpholine rings is 1. The largest absolute Gasteiger partial charge is 0.497 e. The first-order valence-electron chi connectivity index (χ1n) is 13.3. The van der Waals surface area contributed by atoms with Crippen molar-refractivity contribution in [3.8, 4) is 0 Å². The highest BCUT2D eigenvalue weighted by atomic mass is 35.5. The number of benzene rings is 2. The summed E-state index contributed by atoms with van der Waals surface area (Å²) in [4.78, 5) is 30.5. The number of halogens is 3. The molecular weight excluding hydrogens is 587 g/mol. The van der Waals surface area contributed by atoms with Gasteiger partial charge in [-0.25, -0.2) is 0 Å². The maximum Gasteiger partial charge on any atom is 0.310 e. The molecule has 0 spiro atoms. The standard InChI is InChI=1S/C31H32Cl2N2O5.ClH/c1-20-26(18-30(36)40-16-14-34-13-15-39-29(19-34)21-3-7-23(32)8-4-21)27-17-25(38-2)11-12-28(27)35(20)31(37)22-5-9-24(33)10-6-22;/h3-12,17,27-29H,13-16,18-19H2,1-2H3;1H. The summed E-state index contributed by atoms with van der Waals surface area (Å²) in [5.74, 6) is 0.0544. The Bertz CT molecular complexity index is 1340. The lowest BCUT2D eigenvalue weighted by Crippen LogP contribution is -2.40. The normalized spacial score (nSPS) is 22.1. The smallest absolute Gasteiger partial charge is 0.310 e. The third-order valence-electron chi connectivity index (χ3n) is 7.64. The molecule has 3 aliphatic rings. The van der Waals surface area contributed by atoms with Crippen molar-refractivity contribution in [2.45, 2.75) is 25.5 Å². The average molecular weight is 620 g/mol. The van der Waals surface area contributed by atoms with Crippen LogP contribution in [0.2, 0.25) is 10.0 Å². The Balaban J connectivity index is 0.00000387. The van der Waals surface area contributed by atoms with Crippen molar-refractivity contribution < 1.29 is 23.8 Å². The molecule has 1 amide bonds. The van der Waals surface area contributed by atoms with Crippen molar-refractivity contribution in [2.75, 3.05) is 40.0 Å². The number of fused-ring (bicyclic) bond motifs is 1. The van der Waals surface area contributed by atoms with E-state index in [9.17, 15) is 9.59 Å². The Kier molecular flexibility index (Phi) is 10.6. The number of amides is 1. The van der Waals surface area contributed by atoms with Crippen LogP contribution < -0.4 is 0 Å². The molecule has 2 aromatic carbocycles. The van der Waals surface area contributed by atoms with Crippen molar-refractivity contribution in [3.63, 3.8) is 0 Å². The molecule has 7 nitrogen and oxygen atoms in total. The number of carbonyl (C=O) groups is 2. The molecule has 218 valence electrons. The van der Waals surface area contributed by atoms with Crippen LogP contribution in [0.4, 0.5) is 0 Å². The van der Waals surface area contributed by atoms with E-state index in [4.69, 9.17) is 37.4 Å². The first-order valence-corrected chi connectivity index (χ1v) is 14.1. The van der Waals surface area contributed by atoms with Crippen LogP contribution in [0.3, 0.4) is 0 Å². The second-order valence-corrected chi connectivity index (χ2v) is 10.9. The number of hydrogen-bond donors (Lipinski definition) is 0. The lowest BCUT2D eigenvalue weighted by molar-refractivity contribution is -0.143. The van der Waals surface area contributed by atoms with Gasteiger partial charge in [-0.05, 0) is 66.6 Å². The average Bonchev–Trinajstić information content (AvgIpc) is 3.23. The molecule has 1 saturated heterocycles. The number of ether oxygens (including phenoxy) is 3. The predicted molar refractivity (Wildman–Crippen MR) is 161 cm³/mol. The molecule has 1 fully saturated rings. The van der Waals surface area contributed by atoms with Crippen LogP contribution in [-0.2, 0) is 19.0 Å². The predicted octanol–water partition coefficient (Wildman–Crippen LogP) is 6.24. The van der Waals surface area contributed by atoms with E-state index < -0.39 is 0 Å². The summed E-state index contributed by atoms with van der Waals surface area (Å²) in [5, 5.41) is 1.26. The molecule has 2 aromatic rings. The van der Waals surface area contributed by atoms with Crippen LogP contribution in [0.15, 0.2) is 83.8 Å². The van der Waals surface area contributed by atoms with Gasteiger partial charge >= 0.3 is 5.97 Å². The second-order valence-electron chi connectivity index (χ2n) is 10.1. The maximum atomic E-state index is 13.5. The third kappa shape index (κ3) is 7.16. The molecular formula is C31H33Cl3N2O5. The molecule has 10 heteroatoms. The number of esters is 1. The third-order valence-corrected chi connectivity index (χ3v) is 8.14. The fraction of sp³-hybridized carbons (Fsp3) is 0.355. The van der Waals surface area contributed by atoms with Gasteiger partial charge in [0, 0.05) is 46.9 Å². The molecule has 0 N–H and O–H groups in total. The minimum absolute atomic E-state index is 0. The van der Waals surface area contributed by atoms with Gasteiger partial charge in [0.2, 0.25) is 0 Å². The maximum absolute atomic E-state index is 13.5. The van der Waals surface area contributed by atoms with E-state index in [1.165, 1.54) is 0 Å². The Morgan fingerprint density at radius 1 is 1.05 bits per heavy atom. The van der Waals surface area contributed by atoms with Gasteiger partial charge in [-0.2, -0.15) is 0 Å². The van der Waals surface area contributed by atoms with Gasteiger partial charge in [-0.3, -0.25) is 14.5 Å². The summed E-state index contributed by atoms with van der Waals surface area (Å²) >= 11 is 12.0. The van der Waals surface area contributed by atoms with Gasteiger partial charge in [0.1, 0.15) is 12.4 Å². The SMILES string of the molecule is COC1=CC2C(CC(=O)OCCN3CCOC(c4ccc(Cl)cc4)C3)=C(C)N(C(=O)c3ccc(Cl)cc3)C2C=C1.Cl. The topological polar surface area (TPSA) is 68.3 Å². The molecule has 3 atom stereocenters. The Morgan fingerprint density at radius 2 is 1.73 bits per heavy atom. The van der Waals surface area contributed by atoms with Crippen molar-refractivity contribution in [1.82, 2.24) is 9.80 Å². The first-order chi connectivity index (χ1) is 19.3. The summed E-state index contributed by atoms with van der Waals surface area (Å²) in [6, 6.07) is 14.3. The van der Waals surface area contributed by atoms with Crippen molar-refractivity contribution >= 4 is 47.5 Å². The summed E-state index contributed by atoms with van der Waals surface area (Å²) < 4.78 is 17.1. The van der Waals surface area contributed by atoms with Gasteiger partial charge < -0.3 is 19.1 Å². The summed E-state index contributed by atoms with van der Waals surface area (Å²) in [7, 11) is 1.61. The number of nitrogens with zero attached hydrogens (tertiary/aromatic N) is 2. The Morgan fingerprint density at radius 3 is 2.41 bits per heavy atom. The lowest BCUT2D eigenvalue weighted by Gasteiger charge is -2.33. The lowest BCUT2D eigenvalue weighted by atomic mass is 9.88. The fourth-order valence-electron chi connectivity index (χ4n) is 5.50. The van der Waals surface area contributed by atoms with E-state index in [-0.39, 0.29) is 55.4 Å². The number of hydrogen-bond acceptors (Lipinski definition) is 6. The molecule has 2 heterocycles. The van der Waals surface area contributed by atoms with Gasteiger partial charge in [0.15, 0.2) is 0 Å². The minimum Gasteiger partial charge on any atom is -0.497 e. The highest BCUT2D eigenvalue weighted by Gasteiger charge is 2.42. The van der Waals surface area contributed by atoms with Crippen LogP contribution in [0.25, 0.3) is 0 Å². The Labute approximate surface area is 256 Å². The van der Waals surface area contributed by atoms with E-state index in [0.29, 0.717) is 41.1 Å². The minimum atomic E-state index is -0.321. The number of rotatable bonds is 8. The summed E-state index contributed by atoms with van der Waals surface area (Å²) in [5.41, 5.74) is 3.21. The van der Waals surface area contributed by atoms with Crippen LogP contribution in [0.5, 0.6) is 0 Å². The zero-order valence-corrected chi connectivity index (χ0v) is 25.3. The van der Waals surface area contributed by atoms with Crippen molar-refractivity contribution in [3.05, 3.63) is 105 Å². The van der Waals surface area contributed by atoms with Crippen LogP contribution in [0.1, 0.15) is 35.4 Å². The molecule has 2 aliphatic heterocycles. The molecule has 0 radical (unpaired) electrons. The zero-order valence-electron chi connectivity index (χ0n) is 22.9. The van der Waals surface area contributed by atoms with Gasteiger partial charge in [-0.15, -0.1) is 12.4 Å². The quantitative estimate of drug-likeness (QED) is 0.326. The van der Waals surface area contributed by atoms with E-state index >= 15 is 0 Å². The van der Waals surface area contributed by atoms with Gasteiger partial charge in [0.25, 0.3) is 5.91 Å². The molecule has 0 saturated carbocycles. The fourth-order valence-corrected chi connectivity index (χ4v) is 5.75. The second kappa shape index (κ2) is 13.9. The van der Waals surface area contributed by atoms with E-state index in [1.807, 2.05) is 49.4 Å². The van der Waals surface area contributed by atoms with E-state index in [2.05, 4.69) is 4.90 Å². The van der Waals surface area contributed by atoms with Crippen molar-refractivity contribution in [2.24, 2.45) is 5.92 Å². The molecule has 0 aromatic heterocycles. The molecule has 0 bridgehead atoms. The van der Waals surface area contributed by atoms with Crippen molar-refractivity contribution in [1.29, 1.82) is 0 Å². The van der Waals surface area contributed by atoms with Gasteiger partial charge in [0.05, 0.1) is 32.3 Å². The highest BCUT2D eigenvalue weighted by Crippen LogP contribution is 2.41. The van der Waals surface area contributed by atoms with Gasteiger partial charge in [-0.1, -0.05) is 41.4 Å². The number of carbonyl (C=O) groups excluding carboxylic acids is 2. The molecule has 5 rings (SSSR count). The zero-order chi connectivity index (χ0) is 28.2. The van der Waals surface area contributed by atoms with E-state index in [1.54, 1.807) is 36.3 Å². The first kappa shape index (κ1) is 31.1. The monoisotopic (exact) mass is 618 g/mol. The highest BCUT2D eigenvalue weighted by molar-refractivity contribution is 6.30. The number of allylic oxidation sites excluding steroid dienone is 2.